The highest BCUT2D eigenvalue weighted by Crippen LogP contribution is 2.34. The second kappa shape index (κ2) is 8.87. The molecule has 0 unspecified atom stereocenters. The molecule has 1 aliphatic heterocycles. The predicted octanol–water partition coefficient (Wildman–Crippen LogP) is 3.23. The van der Waals surface area contributed by atoms with Crippen LogP contribution in [-0.4, -0.2) is 31.6 Å². The summed E-state index contributed by atoms with van der Waals surface area (Å²) in [6.45, 7) is 1.10. The molecular formula is C22H20N2O5S. The first kappa shape index (κ1) is 19.8. The Morgan fingerprint density at radius 1 is 1.03 bits per heavy atom. The first-order valence-electron chi connectivity index (χ1n) is 9.36. The summed E-state index contributed by atoms with van der Waals surface area (Å²) in [5.74, 6) is 0.652. The van der Waals surface area contributed by atoms with Gasteiger partial charge in [0.25, 0.3) is 11.8 Å². The Labute approximate surface area is 177 Å². The number of hydrogen-bond donors (Lipinski definition) is 1. The summed E-state index contributed by atoms with van der Waals surface area (Å²) in [5, 5.41) is 1.96. The molecule has 0 saturated carbocycles. The van der Waals surface area contributed by atoms with Crippen LogP contribution in [0.5, 0.6) is 17.2 Å². The van der Waals surface area contributed by atoms with E-state index in [9.17, 15) is 9.59 Å². The number of benzene rings is 2. The minimum absolute atomic E-state index is 0.231. The van der Waals surface area contributed by atoms with Crippen LogP contribution in [0.15, 0.2) is 60.0 Å². The largest absolute Gasteiger partial charge is 0.486 e. The van der Waals surface area contributed by atoms with Crippen molar-refractivity contribution in [3.05, 3.63) is 70.4 Å². The molecule has 1 aromatic heterocycles. The fourth-order valence-corrected chi connectivity index (χ4v) is 3.79. The third kappa shape index (κ3) is 4.38. The van der Waals surface area contributed by atoms with Crippen molar-refractivity contribution in [2.24, 2.45) is 5.73 Å². The molecule has 0 spiro atoms. The number of para-hydroxylation sites is 1. The minimum Gasteiger partial charge on any atom is -0.486 e. The number of carbonyl (C=O) groups excluding carboxylic acids is 2. The topological polar surface area (TPSA) is 91.1 Å². The number of primary amides is 1. The van der Waals surface area contributed by atoms with Crippen molar-refractivity contribution in [1.82, 2.24) is 0 Å². The van der Waals surface area contributed by atoms with Crippen molar-refractivity contribution in [1.29, 1.82) is 0 Å². The lowest BCUT2D eigenvalue weighted by Gasteiger charge is -2.25. The number of rotatable bonds is 7. The maximum absolute atomic E-state index is 13.1. The van der Waals surface area contributed by atoms with Crippen LogP contribution in [0.3, 0.4) is 0 Å². The van der Waals surface area contributed by atoms with E-state index in [4.69, 9.17) is 19.9 Å². The van der Waals surface area contributed by atoms with Crippen molar-refractivity contribution < 1.29 is 23.8 Å². The van der Waals surface area contributed by atoms with Crippen LogP contribution < -0.4 is 24.8 Å². The Hall–Kier alpha value is -3.52. The zero-order valence-corrected chi connectivity index (χ0v) is 16.9. The van der Waals surface area contributed by atoms with Crippen LogP contribution in [0.25, 0.3) is 0 Å². The number of ether oxygens (including phenoxy) is 3. The molecule has 0 atom stereocenters. The van der Waals surface area contributed by atoms with Gasteiger partial charge in [0.1, 0.15) is 19.0 Å². The fraction of sp³-hybridized carbons (Fsp3) is 0.182. The monoisotopic (exact) mass is 424 g/mol. The van der Waals surface area contributed by atoms with Gasteiger partial charge in [-0.3, -0.25) is 9.59 Å². The van der Waals surface area contributed by atoms with Gasteiger partial charge in [0.15, 0.2) is 18.1 Å². The standard InChI is InChI=1S/C22H20N2O5S/c23-22(26)17-5-1-2-6-18(17)29-14-21(25)24(13-16-4-3-11-30-16)15-7-8-19-20(12-15)28-10-9-27-19/h1-8,11-12H,9-10,13-14H2,(H2,23,26). The maximum Gasteiger partial charge on any atom is 0.265 e. The SMILES string of the molecule is NC(=O)c1ccccc1OCC(=O)N(Cc1cccs1)c1ccc2c(c1)OCCO2. The molecule has 0 saturated heterocycles. The lowest BCUT2D eigenvalue weighted by atomic mass is 10.2. The number of nitrogens with two attached hydrogens (primary N) is 1. The van der Waals surface area contributed by atoms with Gasteiger partial charge in [-0.1, -0.05) is 18.2 Å². The van der Waals surface area contributed by atoms with Crippen LogP contribution in [0.1, 0.15) is 15.2 Å². The average molecular weight is 424 g/mol. The highest BCUT2D eigenvalue weighted by atomic mass is 32.1. The summed E-state index contributed by atoms with van der Waals surface area (Å²) in [6, 6.07) is 15.9. The molecule has 2 aromatic carbocycles. The van der Waals surface area contributed by atoms with Crippen molar-refractivity contribution >= 4 is 28.8 Å². The van der Waals surface area contributed by atoms with E-state index in [0.29, 0.717) is 36.9 Å². The predicted molar refractivity (Wildman–Crippen MR) is 113 cm³/mol. The van der Waals surface area contributed by atoms with E-state index in [1.54, 1.807) is 52.6 Å². The van der Waals surface area contributed by atoms with Gasteiger partial charge >= 0.3 is 0 Å². The van der Waals surface area contributed by atoms with Crippen molar-refractivity contribution in [3.63, 3.8) is 0 Å². The van der Waals surface area contributed by atoms with Gasteiger partial charge in [-0.05, 0) is 35.7 Å². The summed E-state index contributed by atoms with van der Waals surface area (Å²) in [7, 11) is 0. The van der Waals surface area contributed by atoms with E-state index < -0.39 is 5.91 Å². The van der Waals surface area contributed by atoms with Crippen molar-refractivity contribution in [2.75, 3.05) is 24.7 Å². The third-order valence-electron chi connectivity index (χ3n) is 4.54. The molecule has 30 heavy (non-hydrogen) atoms. The molecule has 8 heteroatoms. The smallest absolute Gasteiger partial charge is 0.265 e. The van der Waals surface area contributed by atoms with Gasteiger partial charge in [0.2, 0.25) is 0 Å². The Bertz CT molecular complexity index is 1050. The first-order chi connectivity index (χ1) is 14.6. The highest BCUT2D eigenvalue weighted by molar-refractivity contribution is 7.09. The molecule has 3 aromatic rings. The van der Waals surface area contributed by atoms with E-state index in [-0.39, 0.29) is 23.8 Å². The van der Waals surface area contributed by atoms with Crippen LogP contribution in [0.4, 0.5) is 5.69 Å². The van der Waals surface area contributed by atoms with E-state index in [1.807, 2.05) is 23.6 Å². The molecule has 0 fully saturated rings. The molecule has 0 aliphatic carbocycles. The number of hydrogen-bond acceptors (Lipinski definition) is 6. The lowest BCUT2D eigenvalue weighted by Crippen LogP contribution is -2.34. The quantitative estimate of drug-likeness (QED) is 0.629. The van der Waals surface area contributed by atoms with Crippen LogP contribution >= 0.6 is 11.3 Å². The van der Waals surface area contributed by atoms with Gasteiger partial charge in [0, 0.05) is 16.6 Å². The molecule has 7 nitrogen and oxygen atoms in total. The third-order valence-corrected chi connectivity index (χ3v) is 5.40. The van der Waals surface area contributed by atoms with Gasteiger partial charge < -0.3 is 24.8 Å². The van der Waals surface area contributed by atoms with Gasteiger partial charge in [-0.25, -0.2) is 0 Å². The summed E-state index contributed by atoms with van der Waals surface area (Å²) >= 11 is 1.56. The Morgan fingerprint density at radius 2 is 1.83 bits per heavy atom. The Morgan fingerprint density at radius 3 is 2.60 bits per heavy atom. The molecule has 0 radical (unpaired) electrons. The second-order valence-corrected chi connectivity index (χ2v) is 7.57. The second-order valence-electron chi connectivity index (χ2n) is 6.54. The number of thiophene rings is 1. The van der Waals surface area contributed by atoms with Gasteiger partial charge in [-0.2, -0.15) is 0 Å². The van der Waals surface area contributed by atoms with Crippen molar-refractivity contribution in [2.45, 2.75) is 6.54 Å². The summed E-state index contributed by atoms with van der Waals surface area (Å²) in [5.41, 5.74) is 6.29. The zero-order valence-electron chi connectivity index (χ0n) is 16.1. The number of nitrogens with zero attached hydrogens (tertiary/aromatic N) is 1. The summed E-state index contributed by atoms with van der Waals surface area (Å²) < 4.78 is 16.9. The molecule has 1 aliphatic rings. The maximum atomic E-state index is 13.1. The summed E-state index contributed by atoms with van der Waals surface area (Å²) in [4.78, 5) is 27.3. The highest BCUT2D eigenvalue weighted by Gasteiger charge is 2.21. The first-order valence-corrected chi connectivity index (χ1v) is 10.2. The van der Waals surface area contributed by atoms with Crippen LogP contribution in [0, 0.1) is 0 Å². The van der Waals surface area contributed by atoms with E-state index in [0.717, 1.165) is 4.88 Å². The number of carbonyl (C=O) groups is 2. The number of amides is 2. The molecule has 2 amide bonds. The van der Waals surface area contributed by atoms with Gasteiger partial charge in [0.05, 0.1) is 12.1 Å². The van der Waals surface area contributed by atoms with E-state index in [2.05, 4.69) is 0 Å². The van der Waals surface area contributed by atoms with E-state index >= 15 is 0 Å². The van der Waals surface area contributed by atoms with Crippen molar-refractivity contribution in [3.8, 4) is 17.2 Å². The molecule has 154 valence electrons. The van der Waals surface area contributed by atoms with Crippen LogP contribution in [-0.2, 0) is 11.3 Å². The minimum atomic E-state index is -0.611. The lowest BCUT2D eigenvalue weighted by molar-refractivity contribution is -0.120. The molecule has 2 heterocycles. The summed E-state index contributed by atoms with van der Waals surface area (Å²) in [6.07, 6.45) is 0. The number of anilines is 1. The zero-order chi connectivity index (χ0) is 20.9. The van der Waals surface area contributed by atoms with Crippen LogP contribution in [0.2, 0.25) is 0 Å². The van der Waals surface area contributed by atoms with Gasteiger partial charge in [-0.15, -0.1) is 11.3 Å². The fourth-order valence-electron chi connectivity index (χ4n) is 3.10. The van der Waals surface area contributed by atoms with E-state index in [1.165, 1.54) is 0 Å². The Balaban J connectivity index is 1.57. The molecule has 2 N–H and O–H groups in total. The molecule has 4 rings (SSSR count). The average Bonchev–Trinajstić information content (AvgIpc) is 3.29. The normalized spacial score (nSPS) is 12.3. The molecule has 0 bridgehead atoms. The molecular weight excluding hydrogens is 404 g/mol. The number of fused-ring (bicyclic) bond motifs is 1. The Kier molecular flexibility index (Phi) is 5.85.